The minimum absolute atomic E-state index is 0.443. The summed E-state index contributed by atoms with van der Waals surface area (Å²) in [5.74, 6) is 0.744. The standard InChI is InChI=1S/C24H33N7/c1-16-10-17-11-22(18(12-25)13-27-2)29-15-23(17)31(16)24(26)20-14-28-9-8-21(20)30-19-6-4-3-5-7-19/h10-13,15,19,28H,3-9,14,25-26H2,1-2H3. The molecule has 0 spiro atoms. The number of nitrogens with zero attached hydrogens (tertiary/aromatic N) is 4. The number of allylic oxidation sites excluding steroid dienone is 1. The van der Waals surface area contributed by atoms with Gasteiger partial charge in [-0.05, 0) is 31.9 Å². The van der Waals surface area contributed by atoms with E-state index in [0.717, 1.165) is 58.8 Å². The molecule has 0 aromatic carbocycles. The van der Waals surface area contributed by atoms with E-state index in [2.05, 4.69) is 32.9 Å². The zero-order valence-corrected chi connectivity index (χ0v) is 18.6. The Morgan fingerprint density at radius 3 is 2.81 bits per heavy atom. The molecule has 1 aliphatic carbocycles. The molecule has 1 saturated carbocycles. The van der Waals surface area contributed by atoms with Gasteiger partial charge in [-0.3, -0.25) is 19.5 Å². The molecule has 2 aromatic rings. The number of hydrogen-bond donors (Lipinski definition) is 3. The number of piperidine rings is 1. The molecule has 31 heavy (non-hydrogen) atoms. The van der Waals surface area contributed by atoms with Crippen molar-refractivity contribution < 1.29 is 0 Å². The number of fused-ring (bicyclic) bond motifs is 1. The highest BCUT2D eigenvalue weighted by atomic mass is 15.1. The van der Waals surface area contributed by atoms with Crippen LogP contribution in [0.15, 0.2) is 40.1 Å². The van der Waals surface area contributed by atoms with Gasteiger partial charge >= 0.3 is 0 Å². The van der Waals surface area contributed by atoms with E-state index in [1.54, 1.807) is 13.3 Å². The van der Waals surface area contributed by atoms with Crippen LogP contribution >= 0.6 is 0 Å². The Bertz CT molecular complexity index is 1070. The topological polar surface area (TPSA) is 107 Å². The fourth-order valence-corrected chi connectivity index (χ4v) is 4.68. The summed E-state index contributed by atoms with van der Waals surface area (Å²) in [4.78, 5) is 13.9. The number of aryl methyl sites for hydroxylation is 1. The summed E-state index contributed by atoms with van der Waals surface area (Å²) in [7, 11) is 1.72. The average Bonchev–Trinajstić information content (AvgIpc) is 3.13. The van der Waals surface area contributed by atoms with Gasteiger partial charge in [-0.1, -0.05) is 19.3 Å². The molecular formula is C24H33N7. The van der Waals surface area contributed by atoms with Gasteiger partial charge in [-0.15, -0.1) is 0 Å². The van der Waals surface area contributed by atoms with Gasteiger partial charge < -0.3 is 16.8 Å². The fraction of sp³-hybridized carbons (Fsp3) is 0.458. The third-order valence-corrected chi connectivity index (χ3v) is 6.27. The molecule has 7 heteroatoms. The fourth-order valence-electron chi connectivity index (χ4n) is 4.68. The van der Waals surface area contributed by atoms with E-state index in [9.17, 15) is 0 Å². The van der Waals surface area contributed by atoms with Crippen molar-refractivity contribution in [1.29, 1.82) is 0 Å². The van der Waals surface area contributed by atoms with Crippen LogP contribution in [0.2, 0.25) is 0 Å². The molecule has 0 amide bonds. The second-order valence-electron chi connectivity index (χ2n) is 8.42. The molecule has 3 heterocycles. The van der Waals surface area contributed by atoms with E-state index in [4.69, 9.17) is 16.5 Å². The predicted molar refractivity (Wildman–Crippen MR) is 130 cm³/mol. The molecule has 1 saturated heterocycles. The molecule has 2 fully saturated rings. The lowest BCUT2D eigenvalue weighted by Crippen LogP contribution is -2.34. The van der Waals surface area contributed by atoms with Crippen LogP contribution in [0.1, 0.15) is 49.9 Å². The monoisotopic (exact) mass is 419 g/mol. The van der Waals surface area contributed by atoms with Crippen molar-refractivity contribution in [2.24, 2.45) is 21.5 Å². The second-order valence-corrected chi connectivity index (χ2v) is 8.42. The minimum Gasteiger partial charge on any atom is -0.404 e. The van der Waals surface area contributed by atoms with Crippen molar-refractivity contribution in [1.82, 2.24) is 14.9 Å². The van der Waals surface area contributed by atoms with Gasteiger partial charge in [0.05, 0.1) is 23.4 Å². The van der Waals surface area contributed by atoms with Crippen LogP contribution in [0.3, 0.4) is 0 Å². The predicted octanol–water partition coefficient (Wildman–Crippen LogP) is 3.24. The molecule has 0 radical (unpaired) electrons. The maximum atomic E-state index is 6.79. The van der Waals surface area contributed by atoms with Crippen LogP contribution in [0.5, 0.6) is 0 Å². The second kappa shape index (κ2) is 9.47. The lowest BCUT2D eigenvalue weighted by atomic mass is 9.95. The van der Waals surface area contributed by atoms with E-state index in [1.165, 1.54) is 44.0 Å². The number of nitrogens with one attached hydrogen (secondary N) is 1. The molecule has 2 aliphatic rings. The van der Waals surface area contributed by atoms with E-state index in [-0.39, 0.29) is 0 Å². The molecule has 5 N–H and O–H groups in total. The van der Waals surface area contributed by atoms with Gasteiger partial charge in [0, 0.05) is 66.9 Å². The molecule has 2 aromatic heterocycles. The number of pyridine rings is 1. The van der Waals surface area contributed by atoms with Crippen molar-refractivity contribution in [2.75, 3.05) is 20.1 Å². The highest BCUT2D eigenvalue weighted by Crippen LogP contribution is 2.27. The van der Waals surface area contributed by atoms with Crippen molar-refractivity contribution >= 4 is 34.2 Å². The summed E-state index contributed by atoms with van der Waals surface area (Å²) in [6.07, 6.45) is 12.3. The van der Waals surface area contributed by atoms with Gasteiger partial charge in [-0.25, -0.2) is 0 Å². The van der Waals surface area contributed by atoms with Crippen LogP contribution < -0.4 is 16.8 Å². The normalized spacial score (nSPS) is 22.0. The highest BCUT2D eigenvalue weighted by Gasteiger charge is 2.22. The molecular weight excluding hydrogens is 386 g/mol. The van der Waals surface area contributed by atoms with E-state index in [0.29, 0.717) is 6.04 Å². The number of nitrogens with two attached hydrogens (primary N) is 2. The molecule has 0 bridgehead atoms. The molecule has 7 nitrogen and oxygen atoms in total. The third-order valence-electron chi connectivity index (χ3n) is 6.27. The summed E-state index contributed by atoms with van der Waals surface area (Å²) in [6, 6.07) is 4.62. The molecule has 4 rings (SSSR count). The van der Waals surface area contributed by atoms with Crippen LogP contribution in [0.25, 0.3) is 22.3 Å². The van der Waals surface area contributed by atoms with Crippen LogP contribution in [0, 0.1) is 6.92 Å². The summed E-state index contributed by atoms with van der Waals surface area (Å²) in [5.41, 5.74) is 18.5. The van der Waals surface area contributed by atoms with Gasteiger partial charge in [0.25, 0.3) is 0 Å². The van der Waals surface area contributed by atoms with Crippen molar-refractivity contribution in [2.45, 2.75) is 51.5 Å². The first-order chi connectivity index (χ1) is 15.1. The van der Waals surface area contributed by atoms with Gasteiger partial charge in [0.2, 0.25) is 0 Å². The molecule has 0 atom stereocenters. The first kappa shape index (κ1) is 21.3. The summed E-state index contributed by atoms with van der Waals surface area (Å²) in [5, 5.41) is 4.55. The lowest BCUT2D eigenvalue weighted by molar-refractivity contribution is 0.442. The summed E-state index contributed by atoms with van der Waals surface area (Å²) < 4.78 is 2.10. The lowest BCUT2D eigenvalue weighted by Gasteiger charge is -2.25. The largest absolute Gasteiger partial charge is 0.404 e. The maximum absolute atomic E-state index is 6.79. The van der Waals surface area contributed by atoms with Crippen LogP contribution in [0.4, 0.5) is 0 Å². The zero-order valence-electron chi connectivity index (χ0n) is 18.6. The Kier molecular flexibility index (Phi) is 6.51. The van der Waals surface area contributed by atoms with Crippen molar-refractivity contribution in [3.05, 3.63) is 41.5 Å². The van der Waals surface area contributed by atoms with Crippen LogP contribution in [-0.4, -0.2) is 47.7 Å². The Morgan fingerprint density at radius 2 is 2.06 bits per heavy atom. The van der Waals surface area contributed by atoms with E-state index < -0.39 is 0 Å². The quantitative estimate of drug-likeness (QED) is 0.661. The first-order valence-electron chi connectivity index (χ1n) is 11.2. The molecule has 164 valence electrons. The van der Waals surface area contributed by atoms with E-state index >= 15 is 0 Å². The summed E-state index contributed by atoms with van der Waals surface area (Å²) in [6.45, 7) is 3.77. The number of rotatable bonds is 4. The molecule has 0 unspecified atom stereocenters. The maximum Gasteiger partial charge on any atom is 0.114 e. The summed E-state index contributed by atoms with van der Waals surface area (Å²) >= 11 is 0. The van der Waals surface area contributed by atoms with E-state index in [1.807, 2.05) is 12.3 Å². The van der Waals surface area contributed by atoms with Gasteiger partial charge in [-0.2, -0.15) is 0 Å². The van der Waals surface area contributed by atoms with Crippen molar-refractivity contribution in [3.8, 4) is 0 Å². The minimum atomic E-state index is 0.443. The van der Waals surface area contributed by atoms with Gasteiger partial charge in [0.15, 0.2) is 0 Å². The first-order valence-corrected chi connectivity index (χ1v) is 11.2. The zero-order chi connectivity index (χ0) is 21.8. The third kappa shape index (κ3) is 4.42. The Hall–Kier alpha value is -2.93. The Balaban J connectivity index is 1.76. The number of aliphatic imine (C=N–C) groups is 2. The van der Waals surface area contributed by atoms with Crippen molar-refractivity contribution in [3.63, 3.8) is 0 Å². The van der Waals surface area contributed by atoms with Crippen LogP contribution in [-0.2, 0) is 0 Å². The number of aromatic nitrogens is 2. The van der Waals surface area contributed by atoms with Gasteiger partial charge in [0.1, 0.15) is 5.82 Å². The SMILES string of the molecule is CN=CC(=CN)c1cc2cc(C)n(C(N)=C3CNCCC3=NC3CCCCC3)c2cn1. The Labute approximate surface area is 184 Å². The highest BCUT2D eigenvalue weighted by molar-refractivity contribution is 6.10. The molecule has 1 aliphatic heterocycles. The Morgan fingerprint density at radius 1 is 1.26 bits per heavy atom. The average molecular weight is 420 g/mol. The smallest absolute Gasteiger partial charge is 0.114 e. The number of hydrogen-bond acceptors (Lipinski definition) is 6.